The summed E-state index contributed by atoms with van der Waals surface area (Å²) in [4.78, 5) is 12.3. The van der Waals surface area contributed by atoms with Crippen LogP contribution in [0, 0.1) is 0 Å². The van der Waals surface area contributed by atoms with Crippen LogP contribution in [0.4, 0.5) is 0 Å². The molecular weight excluding hydrogens is 376 g/mol. The molecule has 0 fully saturated rings. The first-order chi connectivity index (χ1) is 14.0. The van der Waals surface area contributed by atoms with E-state index in [0.29, 0.717) is 35.2 Å². The van der Waals surface area contributed by atoms with Crippen LogP contribution in [0.1, 0.15) is 30.5 Å². The molecule has 0 saturated carbocycles. The standard InChI is InChI=1S/C21H22N2O6/c1-12(24)23-16(14-8-19(25-2)21(27-4)20(9-14)26-3)10-15(22-23)13-5-6-17-18(7-13)29-11-28-17/h5-9,16H,10-11H2,1-4H3/t16-/m0/s1. The molecule has 1 atom stereocenters. The Morgan fingerprint density at radius 2 is 1.72 bits per heavy atom. The van der Waals surface area contributed by atoms with Crippen molar-refractivity contribution in [3.63, 3.8) is 0 Å². The number of nitrogens with zero attached hydrogens (tertiary/aromatic N) is 2. The molecule has 2 aliphatic rings. The number of hydrogen-bond acceptors (Lipinski definition) is 7. The summed E-state index contributed by atoms with van der Waals surface area (Å²) in [6.45, 7) is 1.70. The molecule has 0 spiro atoms. The third-order valence-electron chi connectivity index (χ3n) is 5.01. The monoisotopic (exact) mass is 398 g/mol. The van der Waals surface area contributed by atoms with Crippen LogP contribution in [0.15, 0.2) is 35.4 Å². The predicted octanol–water partition coefficient (Wildman–Crippen LogP) is 3.14. The lowest BCUT2D eigenvalue weighted by Crippen LogP contribution is -2.24. The van der Waals surface area contributed by atoms with E-state index in [2.05, 4.69) is 5.10 Å². The van der Waals surface area contributed by atoms with Gasteiger partial charge in [-0.1, -0.05) is 0 Å². The number of hydrazone groups is 1. The molecule has 0 bridgehead atoms. The average Bonchev–Trinajstić information content (AvgIpc) is 3.39. The Hall–Kier alpha value is -3.42. The number of methoxy groups -OCH3 is 3. The first kappa shape index (κ1) is 18.9. The Bertz CT molecular complexity index is 962. The van der Waals surface area contributed by atoms with Crippen LogP contribution in [-0.2, 0) is 4.79 Å². The van der Waals surface area contributed by atoms with E-state index < -0.39 is 0 Å². The van der Waals surface area contributed by atoms with E-state index in [0.717, 1.165) is 16.8 Å². The summed E-state index contributed by atoms with van der Waals surface area (Å²) in [5.74, 6) is 2.79. The zero-order chi connectivity index (χ0) is 20.5. The maximum Gasteiger partial charge on any atom is 0.240 e. The fourth-order valence-corrected chi connectivity index (χ4v) is 3.60. The number of rotatable bonds is 5. The minimum atomic E-state index is -0.290. The Labute approximate surface area is 168 Å². The number of benzene rings is 2. The van der Waals surface area contributed by atoms with Gasteiger partial charge in [0.15, 0.2) is 23.0 Å². The molecule has 0 aliphatic carbocycles. The van der Waals surface area contributed by atoms with E-state index in [-0.39, 0.29) is 18.7 Å². The number of hydrogen-bond donors (Lipinski definition) is 0. The van der Waals surface area contributed by atoms with Crippen LogP contribution in [0.25, 0.3) is 0 Å². The molecule has 8 nitrogen and oxygen atoms in total. The first-order valence-corrected chi connectivity index (χ1v) is 9.13. The number of carbonyl (C=O) groups is 1. The van der Waals surface area contributed by atoms with E-state index in [1.807, 2.05) is 30.3 Å². The molecule has 4 rings (SSSR count). The molecule has 2 aliphatic heterocycles. The van der Waals surface area contributed by atoms with Crippen molar-refractivity contribution in [3.05, 3.63) is 41.5 Å². The summed E-state index contributed by atoms with van der Waals surface area (Å²) in [6.07, 6.45) is 0.540. The lowest BCUT2D eigenvalue weighted by atomic mass is 9.97. The quantitative estimate of drug-likeness (QED) is 0.770. The van der Waals surface area contributed by atoms with Crippen molar-refractivity contribution in [3.8, 4) is 28.7 Å². The first-order valence-electron chi connectivity index (χ1n) is 9.13. The normalized spacial score (nSPS) is 17.2. The summed E-state index contributed by atoms with van der Waals surface area (Å²) in [7, 11) is 4.68. The van der Waals surface area contributed by atoms with Crippen molar-refractivity contribution in [1.82, 2.24) is 5.01 Å². The molecule has 152 valence electrons. The molecule has 8 heteroatoms. The lowest BCUT2D eigenvalue weighted by Gasteiger charge is -2.22. The van der Waals surface area contributed by atoms with Crippen LogP contribution in [0.5, 0.6) is 28.7 Å². The molecule has 29 heavy (non-hydrogen) atoms. The van der Waals surface area contributed by atoms with Gasteiger partial charge in [0.1, 0.15) is 0 Å². The molecule has 1 amide bonds. The largest absolute Gasteiger partial charge is 0.493 e. The fourth-order valence-electron chi connectivity index (χ4n) is 3.60. The van der Waals surface area contributed by atoms with E-state index in [1.165, 1.54) is 11.9 Å². The van der Waals surface area contributed by atoms with Gasteiger partial charge in [-0.3, -0.25) is 4.79 Å². The third-order valence-corrected chi connectivity index (χ3v) is 5.01. The van der Waals surface area contributed by atoms with Gasteiger partial charge >= 0.3 is 0 Å². The summed E-state index contributed by atoms with van der Waals surface area (Å²) >= 11 is 0. The molecule has 0 N–H and O–H groups in total. The van der Waals surface area contributed by atoms with Crippen LogP contribution in [-0.4, -0.2) is 44.8 Å². The van der Waals surface area contributed by atoms with Crippen LogP contribution >= 0.6 is 0 Å². The van der Waals surface area contributed by atoms with E-state index in [1.54, 1.807) is 21.3 Å². The molecular formula is C21H22N2O6. The highest BCUT2D eigenvalue weighted by Gasteiger charge is 2.33. The van der Waals surface area contributed by atoms with Gasteiger partial charge in [-0.2, -0.15) is 5.10 Å². The second-order valence-electron chi connectivity index (χ2n) is 6.66. The molecule has 0 unspecified atom stereocenters. The SMILES string of the molecule is COc1cc([C@@H]2CC(c3ccc4c(c3)OCO4)=NN2C(C)=O)cc(OC)c1OC. The molecule has 2 aromatic carbocycles. The minimum absolute atomic E-state index is 0.153. The van der Waals surface area contributed by atoms with Gasteiger partial charge in [0.25, 0.3) is 0 Å². The van der Waals surface area contributed by atoms with Gasteiger partial charge in [-0.15, -0.1) is 0 Å². The molecule has 0 aromatic heterocycles. The molecule has 0 saturated heterocycles. The number of amides is 1. The van der Waals surface area contributed by atoms with E-state index >= 15 is 0 Å². The van der Waals surface area contributed by atoms with Crippen molar-refractivity contribution in [2.24, 2.45) is 5.10 Å². The van der Waals surface area contributed by atoms with Crippen LogP contribution in [0.3, 0.4) is 0 Å². The van der Waals surface area contributed by atoms with Crippen molar-refractivity contribution in [1.29, 1.82) is 0 Å². The Morgan fingerprint density at radius 3 is 2.34 bits per heavy atom. The van der Waals surface area contributed by atoms with Gasteiger partial charge < -0.3 is 23.7 Å². The van der Waals surface area contributed by atoms with Crippen molar-refractivity contribution >= 4 is 11.6 Å². The maximum absolute atomic E-state index is 12.3. The fraction of sp³-hybridized carbons (Fsp3) is 0.333. The van der Waals surface area contributed by atoms with E-state index in [9.17, 15) is 4.79 Å². The smallest absolute Gasteiger partial charge is 0.240 e. The highest BCUT2D eigenvalue weighted by Crippen LogP contribution is 2.43. The van der Waals surface area contributed by atoms with Crippen LogP contribution < -0.4 is 23.7 Å². The maximum atomic E-state index is 12.3. The molecule has 2 aromatic rings. The highest BCUT2D eigenvalue weighted by molar-refractivity contribution is 6.03. The Morgan fingerprint density at radius 1 is 1.03 bits per heavy atom. The van der Waals surface area contributed by atoms with Crippen molar-refractivity contribution < 1.29 is 28.5 Å². The second-order valence-corrected chi connectivity index (χ2v) is 6.66. The zero-order valence-corrected chi connectivity index (χ0v) is 16.7. The number of fused-ring (bicyclic) bond motifs is 1. The van der Waals surface area contributed by atoms with Crippen molar-refractivity contribution in [2.45, 2.75) is 19.4 Å². The third kappa shape index (κ3) is 3.30. The summed E-state index contributed by atoms with van der Waals surface area (Å²) < 4.78 is 27.2. The molecule has 0 radical (unpaired) electrons. The van der Waals surface area contributed by atoms with Gasteiger partial charge in [-0.25, -0.2) is 5.01 Å². The summed E-state index contributed by atoms with van der Waals surface area (Å²) in [5, 5.41) is 6.07. The second kappa shape index (κ2) is 7.54. The number of carbonyl (C=O) groups excluding carboxylic acids is 1. The van der Waals surface area contributed by atoms with Crippen LogP contribution in [0.2, 0.25) is 0 Å². The Balaban J connectivity index is 1.71. The van der Waals surface area contributed by atoms with Crippen molar-refractivity contribution in [2.75, 3.05) is 28.1 Å². The topological polar surface area (TPSA) is 78.8 Å². The Kier molecular flexibility index (Phi) is 4.92. The van der Waals surface area contributed by atoms with Gasteiger partial charge in [-0.05, 0) is 35.9 Å². The molecule has 2 heterocycles. The minimum Gasteiger partial charge on any atom is -0.493 e. The van der Waals surface area contributed by atoms with Gasteiger partial charge in [0, 0.05) is 18.9 Å². The van der Waals surface area contributed by atoms with Gasteiger partial charge in [0.05, 0.1) is 33.1 Å². The van der Waals surface area contributed by atoms with Gasteiger partial charge in [0.2, 0.25) is 18.4 Å². The predicted molar refractivity (Wildman–Crippen MR) is 105 cm³/mol. The average molecular weight is 398 g/mol. The summed E-state index contributed by atoms with van der Waals surface area (Å²) in [5.41, 5.74) is 2.52. The number of ether oxygens (including phenoxy) is 5. The summed E-state index contributed by atoms with van der Waals surface area (Å²) in [6, 6.07) is 9.06. The zero-order valence-electron chi connectivity index (χ0n) is 16.7. The van der Waals surface area contributed by atoms with E-state index in [4.69, 9.17) is 23.7 Å². The lowest BCUT2D eigenvalue weighted by molar-refractivity contribution is -0.130. The highest BCUT2D eigenvalue weighted by atomic mass is 16.7.